The van der Waals surface area contributed by atoms with Crippen LogP contribution in [0.2, 0.25) is 0 Å². The fourth-order valence-electron chi connectivity index (χ4n) is 2.19. The van der Waals surface area contributed by atoms with Crippen LogP contribution in [-0.2, 0) is 6.42 Å². The minimum absolute atomic E-state index is 0.299. The molecule has 1 aromatic heterocycles. The lowest BCUT2D eigenvalue weighted by Gasteiger charge is -2.07. The van der Waals surface area contributed by atoms with Gasteiger partial charge in [0.1, 0.15) is 0 Å². The maximum atomic E-state index is 5.87. The van der Waals surface area contributed by atoms with Crippen molar-refractivity contribution in [2.75, 3.05) is 5.73 Å². The van der Waals surface area contributed by atoms with Gasteiger partial charge < -0.3 is 5.73 Å². The Kier molecular flexibility index (Phi) is 4.55. The van der Waals surface area contributed by atoms with Crippen molar-refractivity contribution >= 4 is 37.8 Å². The lowest BCUT2D eigenvalue weighted by atomic mass is 10.1. The first-order chi connectivity index (χ1) is 10.6. The fourth-order valence-corrected chi connectivity index (χ4v) is 2.72. The Morgan fingerprint density at radius 3 is 2.05 bits per heavy atom. The Balaban J connectivity index is 1.92. The number of hydrogen-bond donors (Lipinski definition) is 1. The zero-order valence-corrected chi connectivity index (χ0v) is 14.8. The normalized spacial score (nSPS) is 10.6. The molecule has 2 N–H and O–H groups in total. The van der Waals surface area contributed by atoms with Crippen molar-refractivity contribution in [1.82, 2.24) is 9.97 Å². The molecule has 5 heteroatoms. The van der Waals surface area contributed by atoms with Gasteiger partial charge in [0, 0.05) is 20.9 Å². The van der Waals surface area contributed by atoms with E-state index >= 15 is 0 Å². The van der Waals surface area contributed by atoms with Crippen LogP contribution < -0.4 is 5.73 Å². The molecule has 0 saturated carbocycles. The Labute approximate surface area is 145 Å². The lowest BCUT2D eigenvalue weighted by Crippen LogP contribution is -2.01. The second-order valence-corrected chi connectivity index (χ2v) is 6.74. The van der Waals surface area contributed by atoms with Crippen LogP contribution >= 0.6 is 31.9 Å². The fraction of sp³-hybridized carbons (Fsp3) is 0.0588. The van der Waals surface area contributed by atoms with Crippen molar-refractivity contribution in [1.29, 1.82) is 0 Å². The van der Waals surface area contributed by atoms with Crippen LogP contribution in [0.4, 0.5) is 5.95 Å². The average Bonchev–Trinajstić information content (AvgIpc) is 2.50. The second kappa shape index (κ2) is 6.58. The van der Waals surface area contributed by atoms with Gasteiger partial charge in [-0.1, -0.05) is 56.1 Å². The molecule has 110 valence electrons. The van der Waals surface area contributed by atoms with Crippen LogP contribution in [-0.4, -0.2) is 9.97 Å². The summed E-state index contributed by atoms with van der Waals surface area (Å²) in [5.74, 6) is 0.299. The number of nitrogens with two attached hydrogens (primary N) is 1. The summed E-state index contributed by atoms with van der Waals surface area (Å²) in [4.78, 5) is 8.67. The number of nitrogen functional groups attached to an aromatic ring is 1. The Hall–Kier alpha value is -1.72. The van der Waals surface area contributed by atoms with E-state index in [1.165, 1.54) is 5.56 Å². The van der Waals surface area contributed by atoms with Crippen LogP contribution in [0.3, 0.4) is 0 Å². The van der Waals surface area contributed by atoms with E-state index in [0.717, 1.165) is 32.3 Å². The maximum absolute atomic E-state index is 5.87. The minimum Gasteiger partial charge on any atom is -0.368 e. The number of benzene rings is 2. The molecule has 0 spiro atoms. The molecular weight excluding hydrogens is 406 g/mol. The molecule has 0 radical (unpaired) electrons. The average molecular weight is 419 g/mol. The van der Waals surface area contributed by atoms with Crippen LogP contribution in [0.15, 0.2) is 63.5 Å². The zero-order chi connectivity index (χ0) is 15.5. The summed E-state index contributed by atoms with van der Waals surface area (Å²) >= 11 is 6.88. The van der Waals surface area contributed by atoms with Gasteiger partial charge in [-0.2, -0.15) is 0 Å². The highest BCUT2D eigenvalue weighted by molar-refractivity contribution is 9.10. The van der Waals surface area contributed by atoms with E-state index in [2.05, 4.69) is 54.0 Å². The van der Waals surface area contributed by atoms with Gasteiger partial charge >= 0.3 is 0 Å². The maximum Gasteiger partial charge on any atom is 0.220 e. The van der Waals surface area contributed by atoms with Crippen molar-refractivity contribution in [3.63, 3.8) is 0 Å². The third kappa shape index (κ3) is 3.72. The second-order valence-electron chi connectivity index (χ2n) is 4.91. The van der Waals surface area contributed by atoms with Gasteiger partial charge in [0.25, 0.3) is 0 Å². The molecule has 0 bridgehead atoms. The molecule has 0 aliphatic rings. The molecule has 0 fully saturated rings. The smallest absolute Gasteiger partial charge is 0.220 e. The lowest BCUT2D eigenvalue weighted by molar-refractivity contribution is 1.04. The number of anilines is 1. The summed E-state index contributed by atoms with van der Waals surface area (Å²) in [7, 11) is 0. The van der Waals surface area contributed by atoms with E-state index in [9.17, 15) is 0 Å². The summed E-state index contributed by atoms with van der Waals surface area (Å²) in [6.45, 7) is 0. The van der Waals surface area contributed by atoms with Crippen LogP contribution in [0, 0.1) is 0 Å². The first kappa shape index (κ1) is 15.2. The molecule has 0 atom stereocenters. The summed E-state index contributed by atoms with van der Waals surface area (Å²) < 4.78 is 2.10. The monoisotopic (exact) mass is 417 g/mol. The van der Waals surface area contributed by atoms with Crippen molar-refractivity contribution < 1.29 is 0 Å². The van der Waals surface area contributed by atoms with Crippen molar-refractivity contribution in [3.05, 3.63) is 74.8 Å². The first-order valence-corrected chi connectivity index (χ1v) is 8.32. The Morgan fingerprint density at radius 2 is 1.41 bits per heavy atom. The number of rotatable bonds is 3. The quantitative estimate of drug-likeness (QED) is 0.661. The molecular formula is C17H13Br2N3. The first-order valence-electron chi connectivity index (χ1n) is 6.74. The van der Waals surface area contributed by atoms with E-state index in [4.69, 9.17) is 5.73 Å². The predicted octanol–water partition coefficient (Wildman–Crippen LogP) is 4.84. The van der Waals surface area contributed by atoms with Crippen LogP contribution in [0.25, 0.3) is 11.3 Å². The summed E-state index contributed by atoms with van der Waals surface area (Å²) in [6, 6.07) is 18.2. The molecule has 3 rings (SSSR count). The molecule has 0 aliphatic carbocycles. The summed E-state index contributed by atoms with van der Waals surface area (Å²) in [6.07, 6.45) is 0.726. The highest BCUT2D eigenvalue weighted by Crippen LogP contribution is 2.22. The zero-order valence-electron chi connectivity index (χ0n) is 11.6. The SMILES string of the molecule is Nc1nc(Cc2ccc(Br)cc2)cc(-c2ccc(Br)cc2)n1. The largest absolute Gasteiger partial charge is 0.368 e. The summed E-state index contributed by atoms with van der Waals surface area (Å²) in [5, 5.41) is 0. The van der Waals surface area contributed by atoms with Crippen LogP contribution in [0.1, 0.15) is 11.3 Å². The topological polar surface area (TPSA) is 51.8 Å². The molecule has 3 nitrogen and oxygen atoms in total. The molecule has 2 aromatic carbocycles. The van der Waals surface area contributed by atoms with Gasteiger partial charge in [0.2, 0.25) is 5.95 Å². The van der Waals surface area contributed by atoms with E-state index in [0.29, 0.717) is 5.95 Å². The molecule has 0 saturated heterocycles. The van der Waals surface area contributed by atoms with Crippen LogP contribution in [0.5, 0.6) is 0 Å². The van der Waals surface area contributed by atoms with Gasteiger partial charge in [0.05, 0.1) is 11.4 Å². The number of nitrogens with zero attached hydrogens (tertiary/aromatic N) is 2. The van der Waals surface area contributed by atoms with Crippen molar-refractivity contribution in [2.45, 2.75) is 6.42 Å². The molecule has 3 aromatic rings. The third-order valence-corrected chi connectivity index (χ3v) is 4.29. The van der Waals surface area contributed by atoms with Gasteiger partial charge in [-0.05, 0) is 35.9 Å². The predicted molar refractivity (Wildman–Crippen MR) is 96.5 cm³/mol. The minimum atomic E-state index is 0.299. The summed E-state index contributed by atoms with van der Waals surface area (Å²) in [5.41, 5.74) is 9.82. The Morgan fingerprint density at radius 1 is 0.818 bits per heavy atom. The van der Waals surface area contributed by atoms with E-state index in [-0.39, 0.29) is 0 Å². The van der Waals surface area contributed by atoms with Gasteiger partial charge in [-0.15, -0.1) is 0 Å². The molecule has 1 heterocycles. The van der Waals surface area contributed by atoms with Gasteiger partial charge in [-0.3, -0.25) is 0 Å². The van der Waals surface area contributed by atoms with E-state index in [1.807, 2.05) is 42.5 Å². The Bertz CT molecular complexity index is 784. The highest BCUT2D eigenvalue weighted by Gasteiger charge is 2.06. The number of hydrogen-bond acceptors (Lipinski definition) is 3. The van der Waals surface area contributed by atoms with Crippen molar-refractivity contribution in [2.24, 2.45) is 0 Å². The van der Waals surface area contributed by atoms with Gasteiger partial charge in [0.15, 0.2) is 0 Å². The number of halogens is 2. The van der Waals surface area contributed by atoms with Gasteiger partial charge in [-0.25, -0.2) is 9.97 Å². The molecule has 0 unspecified atom stereocenters. The number of aromatic nitrogens is 2. The molecule has 0 aliphatic heterocycles. The molecule has 0 amide bonds. The standard InChI is InChI=1S/C17H13Br2N3/c18-13-5-1-11(2-6-13)9-15-10-16(22-17(20)21-15)12-3-7-14(19)8-4-12/h1-8,10H,9H2,(H2,20,21,22). The van der Waals surface area contributed by atoms with E-state index in [1.54, 1.807) is 0 Å². The van der Waals surface area contributed by atoms with Crippen molar-refractivity contribution in [3.8, 4) is 11.3 Å². The highest BCUT2D eigenvalue weighted by atomic mass is 79.9. The third-order valence-electron chi connectivity index (χ3n) is 3.23. The molecule has 22 heavy (non-hydrogen) atoms. The van der Waals surface area contributed by atoms with E-state index < -0.39 is 0 Å².